The molecule has 0 radical (unpaired) electrons. The van der Waals surface area contributed by atoms with Gasteiger partial charge in [0.15, 0.2) is 0 Å². The quantitative estimate of drug-likeness (QED) is 0.547. The normalized spacial score (nSPS) is 12.7. The third-order valence-electron chi connectivity index (χ3n) is 3.01. The number of pyridine rings is 1. The zero-order valence-electron chi connectivity index (χ0n) is 12.6. The lowest BCUT2D eigenvalue weighted by Gasteiger charge is -2.08. The molecular weight excluding hydrogens is 443 g/mol. The minimum Gasteiger partial charge on any atom is -0.340 e. The van der Waals surface area contributed by atoms with E-state index in [4.69, 9.17) is 0 Å². The van der Waals surface area contributed by atoms with Crippen LogP contribution in [0.4, 0.5) is 19.0 Å². The van der Waals surface area contributed by atoms with E-state index in [0.29, 0.717) is 22.8 Å². The lowest BCUT2D eigenvalue weighted by molar-refractivity contribution is -0.411. The summed E-state index contributed by atoms with van der Waals surface area (Å²) in [6.07, 6.45) is -3.31. The van der Waals surface area contributed by atoms with Gasteiger partial charge in [0.05, 0.1) is 21.6 Å². The maximum Gasteiger partial charge on any atom is 0.416 e. The lowest BCUT2D eigenvalue weighted by atomic mass is 10.2. The number of anilines is 1. The van der Waals surface area contributed by atoms with Crippen molar-refractivity contribution in [2.75, 3.05) is 5.32 Å². The Hall–Kier alpha value is -2.47. The monoisotopic (exact) mass is 451 g/mol. The molecule has 138 valence electrons. The van der Waals surface area contributed by atoms with Gasteiger partial charge in [0.25, 0.3) is 9.84 Å². The van der Waals surface area contributed by atoms with Crippen molar-refractivity contribution in [3.63, 3.8) is 0 Å². The average Bonchev–Trinajstić information content (AvgIpc) is 2.54. The summed E-state index contributed by atoms with van der Waals surface area (Å²) in [6.45, 7) is 0. The van der Waals surface area contributed by atoms with Crippen molar-refractivity contribution in [2.24, 2.45) is 0 Å². The number of aromatic nitrogens is 1. The van der Waals surface area contributed by atoms with Gasteiger partial charge >= 0.3 is 11.2 Å². The number of halogens is 4. The molecule has 1 N–H and O–H groups in total. The predicted molar refractivity (Wildman–Crippen MR) is 89.3 cm³/mol. The van der Waals surface area contributed by atoms with Crippen LogP contribution in [0.5, 0.6) is 0 Å². The molecule has 0 aliphatic heterocycles. The molecule has 12 heteroatoms. The van der Waals surface area contributed by atoms with Crippen LogP contribution in [-0.2, 0) is 16.0 Å². The number of hydrogen-bond donors (Lipinski definition) is 1. The van der Waals surface area contributed by atoms with E-state index in [9.17, 15) is 31.7 Å². The highest BCUT2D eigenvalue weighted by Crippen LogP contribution is 2.30. The van der Waals surface area contributed by atoms with E-state index < -0.39 is 37.3 Å². The summed E-state index contributed by atoms with van der Waals surface area (Å²) < 4.78 is 63.3. The first-order valence-electron chi connectivity index (χ1n) is 6.67. The SMILES string of the molecule is O=[N+]([O-])/C(=C/Nc1cc(C(F)(F)F)ccn1)S(=O)(=O)c1ccc(Br)cc1. The van der Waals surface area contributed by atoms with E-state index in [2.05, 4.69) is 26.2 Å². The molecule has 1 aromatic heterocycles. The summed E-state index contributed by atoms with van der Waals surface area (Å²) in [6, 6.07) is 6.37. The number of hydrogen-bond acceptors (Lipinski definition) is 6. The maximum atomic E-state index is 12.7. The van der Waals surface area contributed by atoms with E-state index in [1.54, 1.807) is 0 Å². The molecule has 0 saturated heterocycles. The van der Waals surface area contributed by atoms with E-state index in [-0.39, 0.29) is 4.90 Å². The minimum absolute atomic E-state index is 0.345. The van der Waals surface area contributed by atoms with E-state index >= 15 is 0 Å². The molecule has 7 nitrogen and oxygen atoms in total. The van der Waals surface area contributed by atoms with Crippen LogP contribution in [-0.4, -0.2) is 18.3 Å². The Bertz CT molecular complexity index is 960. The van der Waals surface area contributed by atoms with E-state index in [1.165, 1.54) is 12.1 Å². The molecule has 0 saturated carbocycles. The van der Waals surface area contributed by atoms with Crippen LogP contribution in [0.2, 0.25) is 0 Å². The standard InChI is InChI=1S/C14H9BrF3N3O4S/c15-10-1-3-11(4-2-10)26(24,25)13(21(22)23)8-20-12-7-9(5-6-19-12)14(16,17)18/h1-8H,(H,19,20)/b13-8-. The van der Waals surface area contributed by atoms with Crippen molar-refractivity contribution in [1.82, 2.24) is 4.98 Å². The first-order chi connectivity index (χ1) is 12.0. The van der Waals surface area contributed by atoms with Crippen LogP contribution in [0.25, 0.3) is 0 Å². The molecule has 2 rings (SSSR count). The number of rotatable bonds is 5. The summed E-state index contributed by atoms with van der Waals surface area (Å²) in [5.74, 6) is -0.398. The van der Waals surface area contributed by atoms with E-state index in [1.807, 2.05) is 0 Å². The summed E-state index contributed by atoms with van der Waals surface area (Å²) >= 11 is 3.11. The van der Waals surface area contributed by atoms with Gasteiger partial charge in [-0.2, -0.15) is 13.2 Å². The summed E-state index contributed by atoms with van der Waals surface area (Å²) in [4.78, 5) is 13.2. The van der Waals surface area contributed by atoms with Crippen molar-refractivity contribution >= 4 is 31.6 Å². The third-order valence-corrected chi connectivity index (χ3v) is 5.25. The second-order valence-corrected chi connectivity index (χ2v) is 7.58. The van der Waals surface area contributed by atoms with Crippen LogP contribution in [0.3, 0.4) is 0 Å². The number of nitrogens with one attached hydrogen (secondary N) is 1. The van der Waals surface area contributed by atoms with Gasteiger partial charge in [-0.1, -0.05) is 15.9 Å². The zero-order valence-corrected chi connectivity index (χ0v) is 15.0. The van der Waals surface area contributed by atoms with Gasteiger partial charge < -0.3 is 5.32 Å². The molecule has 0 aliphatic rings. The molecule has 1 aromatic carbocycles. The van der Waals surface area contributed by atoms with Gasteiger partial charge in [-0.3, -0.25) is 10.1 Å². The van der Waals surface area contributed by atoms with Crippen LogP contribution in [0, 0.1) is 10.1 Å². The van der Waals surface area contributed by atoms with Crippen LogP contribution in [0.1, 0.15) is 5.56 Å². The number of nitro groups is 1. The molecule has 26 heavy (non-hydrogen) atoms. The smallest absolute Gasteiger partial charge is 0.340 e. The molecule has 0 aliphatic carbocycles. The fourth-order valence-electron chi connectivity index (χ4n) is 1.78. The maximum absolute atomic E-state index is 12.7. The zero-order chi connectivity index (χ0) is 19.5. The number of alkyl halides is 3. The molecule has 2 aromatic rings. The number of nitrogens with zero attached hydrogens (tertiary/aromatic N) is 2. The van der Waals surface area contributed by atoms with Gasteiger partial charge in [0.1, 0.15) is 5.82 Å². The Labute approximate surface area is 153 Å². The molecular formula is C14H9BrF3N3O4S. The Balaban J connectivity index is 2.39. The van der Waals surface area contributed by atoms with Crippen molar-refractivity contribution in [2.45, 2.75) is 11.1 Å². The third kappa shape index (κ3) is 4.58. The fourth-order valence-corrected chi connectivity index (χ4v) is 3.19. The lowest BCUT2D eigenvalue weighted by Crippen LogP contribution is -2.14. The first kappa shape index (κ1) is 19.8. The van der Waals surface area contributed by atoms with Gasteiger partial charge in [0, 0.05) is 10.7 Å². The van der Waals surface area contributed by atoms with Crippen LogP contribution in [0.15, 0.2) is 63.2 Å². The molecule has 0 bridgehead atoms. The average molecular weight is 452 g/mol. The van der Waals surface area contributed by atoms with E-state index in [0.717, 1.165) is 18.3 Å². The number of sulfone groups is 1. The molecule has 1 heterocycles. The summed E-state index contributed by atoms with van der Waals surface area (Å²) in [5.41, 5.74) is -1.04. The highest BCUT2D eigenvalue weighted by Gasteiger charge is 2.32. The van der Waals surface area contributed by atoms with Gasteiger partial charge in [-0.15, -0.1) is 0 Å². The second-order valence-electron chi connectivity index (χ2n) is 4.77. The highest BCUT2D eigenvalue weighted by atomic mass is 79.9. The Kier molecular flexibility index (Phi) is 5.66. The first-order valence-corrected chi connectivity index (χ1v) is 8.94. The van der Waals surface area contributed by atoms with Crippen molar-refractivity contribution in [1.29, 1.82) is 0 Å². The molecule has 0 unspecified atom stereocenters. The van der Waals surface area contributed by atoms with Crippen LogP contribution < -0.4 is 5.32 Å². The minimum atomic E-state index is -4.64. The second kappa shape index (κ2) is 7.41. The Morgan fingerprint density at radius 1 is 1.23 bits per heavy atom. The topological polar surface area (TPSA) is 102 Å². The Morgan fingerprint density at radius 3 is 2.38 bits per heavy atom. The fraction of sp³-hybridized carbons (Fsp3) is 0.0714. The molecule has 0 spiro atoms. The summed E-state index contributed by atoms with van der Waals surface area (Å²) in [5, 5.41) is 12.0. The molecule has 0 atom stereocenters. The highest BCUT2D eigenvalue weighted by molar-refractivity contribution is 9.10. The van der Waals surface area contributed by atoms with Gasteiger partial charge in [-0.25, -0.2) is 13.4 Å². The van der Waals surface area contributed by atoms with Crippen LogP contribution >= 0.6 is 15.9 Å². The predicted octanol–water partition coefficient (Wildman–Crippen LogP) is 3.82. The van der Waals surface area contributed by atoms with Crippen molar-refractivity contribution in [3.05, 3.63) is 74.0 Å². The summed E-state index contributed by atoms with van der Waals surface area (Å²) in [7, 11) is -4.50. The molecule has 0 fully saturated rings. The van der Waals surface area contributed by atoms with Crippen molar-refractivity contribution < 1.29 is 26.5 Å². The van der Waals surface area contributed by atoms with Gasteiger partial charge in [0.2, 0.25) is 0 Å². The Morgan fingerprint density at radius 2 is 1.85 bits per heavy atom. The van der Waals surface area contributed by atoms with Crippen molar-refractivity contribution in [3.8, 4) is 0 Å². The largest absolute Gasteiger partial charge is 0.416 e. The molecule has 0 amide bonds. The number of benzene rings is 1. The van der Waals surface area contributed by atoms with Gasteiger partial charge in [-0.05, 0) is 36.4 Å².